The molecule has 12 aromatic rings. The summed E-state index contributed by atoms with van der Waals surface area (Å²) in [6, 6.07) is 66.8. The highest BCUT2D eigenvalue weighted by molar-refractivity contribution is 6.13. The van der Waals surface area contributed by atoms with Gasteiger partial charge in [0.15, 0.2) is 0 Å². The fourth-order valence-corrected chi connectivity index (χ4v) is 9.59. The molecule has 0 aliphatic carbocycles. The fraction of sp³-hybridized carbons (Fsp3) is 0. The van der Waals surface area contributed by atoms with Crippen molar-refractivity contribution >= 4 is 76.8 Å². The van der Waals surface area contributed by atoms with E-state index in [0.29, 0.717) is 0 Å². The molecule has 3 aromatic heterocycles. The third-order valence-corrected chi connectivity index (χ3v) is 12.4. The molecule has 0 atom stereocenters. The number of nitro benzene ring substituents is 2. The summed E-state index contributed by atoms with van der Waals surface area (Å²) >= 11 is 0. The molecule has 63 heavy (non-hydrogen) atoms. The Morgan fingerprint density at radius 3 is 1.02 bits per heavy atom. The van der Waals surface area contributed by atoms with Crippen molar-refractivity contribution in [3.63, 3.8) is 0 Å². The normalized spacial score (nSPS) is 11.7. The minimum Gasteiger partial charge on any atom is -0.309 e. The van der Waals surface area contributed by atoms with Crippen molar-refractivity contribution in [1.82, 2.24) is 13.7 Å². The maximum absolute atomic E-state index is 11.7. The largest absolute Gasteiger partial charge is 0.309 e. The van der Waals surface area contributed by atoms with Crippen LogP contribution in [0.4, 0.5) is 11.4 Å². The summed E-state index contributed by atoms with van der Waals surface area (Å²) in [5.41, 5.74) is 13.1. The van der Waals surface area contributed by atoms with Crippen molar-refractivity contribution in [2.24, 2.45) is 0 Å². The van der Waals surface area contributed by atoms with Gasteiger partial charge < -0.3 is 13.7 Å². The number of rotatable bonds is 7. The molecule has 0 amide bonds. The van der Waals surface area contributed by atoms with Crippen LogP contribution in [0, 0.1) is 20.2 Å². The third-order valence-electron chi connectivity index (χ3n) is 12.4. The lowest BCUT2D eigenvalue weighted by Gasteiger charge is -2.11. The van der Waals surface area contributed by atoms with Gasteiger partial charge >= 0.3 is 0 Å². The SMILES string of the molecule is O=[N+]([O-])c1cccc(-n2c3ccccc3c3cc(-c4ccc(-n5c6ccccc6c6cc(-c7ccc8c(c7)c7ccccc7n8-c7cccc([N+](=O)[O-])c7)ccc65)cc4)ccc32)c1. The highest BCUT2D eigenvalue weighted by Gasteiger charge is 2.19. The molecular formula is C54H33N5O4. The molecule has 0 N–H and O–H groups in total. The monoisotopic (exact) mass is 815 g/mol. The predicted octanol–water partition coefficient (Wildman–Crippen LogP) is 14.1. The predicted molar refractivity (Wildman–Crippen MR) is 254 cm³/mol. The Morgan fingerprint density at radius 2 is 0.619 bits per heavy atom. The molecule has 9 nitrogen and oxygen atoms in total. The molecule has 12 rings (SSSR count). The number of hydrogen-bond acceptors (Lipinski definition) is 4. The zero-order chi connectivity index (χ0) is 42.3. The summed E-state index contributed by atoms with van der Waals surface area (Å²) in [7, 11) is 0. The Morgan fingerprint density at radius 1 is 0.286 bits per heavy atom. The van der Waals surface area contributed by atoms with Gasteiger partial charge in [-0.2, -0.15) is 0 Å². The highest BCUT2D eigenvalue weighted by atomic mass is 16.6. The average molecular weight is 816 g/mol. The molecule has 0 fully saturated rings. The van der Waals surface area contributed by atoms with E-state index in [-0.39, 0.29) is 21.2 Å². The molecule has 298 valence electrons. The topological polar surface area (TPSA) is 101 Å². The molecule has 0 bridgehead atoms. The summed E-state index contributed by atoms with van der Waals surface area (Å²) in [6.07, 6.45) is 0. The van der Waals surface area contributed by atoms with Crippen LogP contribution in [0.3, 0.4) is 0 Å². The number of nitrogens with zero attached hydrogens (tertiary/aromatic N) is 5. The number of aromatic nitrogens is 3. The number of fused-ring (bicyclic) bond motifs is 9. The Balaban J connectivity index is 0.932. The van der Waals surface area contributed by atoms with E-state index in [4.69, 9.17) is 0 Å². The lowest BCUT2D eigenvalue weighted by Crippen LogP contribution is -1.96. The van der Waals surface area contributed by atoms with E-state index in [1.165, 1.54) is 12.1 Å². The number of para-hydroxylation sites is 3. The van der Waals surface area contributed by atoms with Crippen LogP contribution in [0.5, 0.6) is 0 Å². The minimum atomic E-state index is -0.356. The lowest BCUT2D eigenvalue weighted by atomic mass is 10.0. The van der Waals surface area contributed by atoms with Crippen molar-refractivity contribution < 1.29 is 9.85 Å². The van der Waals surface area contributed by atoms with Crippen molar-refractivity contribution in [3.8, 4) is 39.3 Å². The molecule has 0 radical (unpaired) electrons. The van der Waals surface area contributed by atoms with Gasteiger partial charge in [0.2, 0.25) is 0 Å². The van der Waals surface area contributed by atoms with Crippen molar-refractivity contribution in [3.05, 3.63) is 220 Å². The third kappa shape index (κ3) is 5.64. The number of non-ortho nitro benzene ring substituents is 2. The van der Waals surface area contributed by atoms with Crippen LogP contribution in [-0.4, -0.2) is 23.5 Å². The van der Waals surface area contributed by atoms with Crippen LogP contribution in [0.15, 0.2) is 200 Å². The van der Waals surface area contributed by atoms with Gasteiger partial charge in [-0.1, -0.05) is 97.1 Å². The van der Waals surface area contributed by atoms with Gasteiger partial charge in [-0.15, -0.1) is 0 Å². The maximum Gasteiger partial charge on any atom is 0.271 e. The summed E-state index contributed by atoms with van der Waals surface area (Å²) in [6.45, 7) is 0. The standard InChI is InChI=1S/C54H33N5O4/c60-58(61)41-11-7-9-39(32-41)56-50-17-5-2-14-44(50)46-29-35(21-26-53(46)56)34-19-24-38(25-20-34)55-49-16-4-1-13-43(49)47-30-36(22-27-52(47)55)37-23-28-54-48(31-37)45-15-3-6-18-51(45)57(54)40-10-8-12-42(33-40)59(62)63/h1-33H. The van der Waals surface area contributed by atoms with Crippen LogP contribution in [-0.2, 0) is 0 Å². The van der Waals surface area contributed by atoms with Gasteiger partial charge in [-0.25, -0.2) is 0 Å². The molecule has 9 aromatic carbocycles. The van der Waals surface area contributed by atoms with Gasteiger partial charge in [0, 0.05) is 62.3 Å². The minimum absolute atomic E-state index is 0.0548. The zero-order valence-electron chi connectivity index (χ0n) is 33.4. The lowest BCUT2D eigenvalue weighted by molar-refractivity contribution is -0.385. The molecule has 0 saturated heterocycles. The first-order valence-electron chi connectivity index (χ1n) is 20.6. The van der Waals surface area contributed by atoms with E-state index in [0.717, 1.165) is 105 Å². The average Bonchev–Trinajstić information content (AvgIpc) is 3.96. The first-order valence-corrected chi connectivity index (χ1v) is 20.6. The van der Waals surface area contributed by atoms with Crippen LogP contribution < -0.4 is 0 Å². The second-order valence-electron chi connectivity index (χ2n) is 15.9. The van der Waals surface area contributed by atoms with Crippen LogP contribution in [0.1, 0.15) is 0 Å². The Bertz CT molecular complexity index is 3880. The summed E-state index contributed by atoms with van der Waals surface area (Å²) < 4.78 is 6.52. The van der Waals surface area contributed by atoms with Gasteiger partial charge in [0.05, 0.1) is 54.3 Å². The molecule has 0 aliphatic heterocycles. The summed E-state index contributed by atoms with van der Waals surface area (Å²) in [4.78, 5) is 22.6. The number of benzene rings is 9. The van der Waals surface area contributed by atoms with Crippen LogP contribution in [0.25, 0.3) is 105 Å². The molecule has 9 heteroatoms. The van der Waals surface area contributed by atoms with Crippen molar-refractivity contribution in [2.75, 3.05) is 0 Å². The smallest absolute Gasteiger partial charge is 0.271 e. The number of nitro groups is 2. The second-order valence-corrected chi connectivity index (χ2v) is 15.9. The van der Waals surface area contributed by atoms with E-state index in [9.17, 15) is 20.2 Å². The Labute approximate surface area is 358 Å². The van der Waals surface area contributed by atoms with E-state index < -0.39 is 0 Å². The first kappa shape index (κ1) is 36.1. The van der Waals surface area contributed by atoms with E-state index in [1.807, 2.05) is 36.4 Å². The maximum atomic E-state index is 11.7. The van der Waals surface area contributed by atoms with Crippen LogP contribution in [0.2, 0.25) is 0 Å². The van der Waals surface area contributed by atoms with E-state index >= 15 is 0 Å². The van der Waals surface area contributed by atoms with Crippen molar-refractivity contribution in [2.45, 2.75) is 0 Å². The summed E-state index contributed by atoms with van der Waals surface area (Å²) in [5.74, 6) is 0. The highest BCUT2D eigenvalue weighted by Crippen LogP contribution is 2.40. The van der Waals surface area contributed by atoms with Crippen LogP contribution >= 0.6 is 0 Å². The van der Waals surface area contributed by atoms with Gasteiger partial charge in [-0.05, 0) is 101 Å². The fourth-order valence-electron chi connectivity index (χ4n) is 9.59. The molecule has 0 unspecified atom stereocenters. The summed E-state index contributed by atoms with van der Waals surface area (Å²) in [5, 5.41) is 29.9. The molecule has 0 aliphatic rings. The van der Waals surface area contributed by atoms with Gasteiger partial charge in [-0.3, -0.25) is 20.2 Å². The molecule has 0 spiro atoms. The van der Waals surface area contributed by atoms with Gasteiger partial charge in [0.25, 0.3) is 11.4 Å². The van der Waals surface area contributed by atoms with E-state index in [1.54, 1.807) is 24.3 Å². The molecular weight excluding hydrogens is 783 g/mol. The Kier molecular flexibility index (Phi) is 7.94. The van der Waals surface area contributed by atoms with Crippen molar-refractivity contribution in [1.29, 1.82) is 0 Å². The molecule has 3 heterocycles. The second kappa shape index (κ2) is 13.9. The van der Waals surface area contributed by atoms with Gasteiger partial charge in [0.1, 0.15) is 0 Å². The first-order chi connectivity index (χ1) is 30.9. The zero-order valence-corrected chi connectivity index (χ0v) is 33.4. The molecule has 0 saturated carbocycles. The van der Waals surface area contributed by atoms with E-state index in [2.05, 4.69) is 141 Å². The Hall–Kier alpha value is -8.82. The quantitative estimate of drug-likeness (QED) is 0.118. The number of hydrogen-bond donors (Lipinski definition) is 0.